The minimum atomic E-state index is 0.156. The molecule has 0 radical (unpaired) electrons. The number of hydrogen-bond donors (Lipinski definition) is 1. The Morgan fingerprint density at radius 3 is 2.54 bits per heavy atom. The van der Waals surface area contributed by atoms with Crippen LogP contribution in [0.5, 0.6) is 0 Å². The van der Waals surface area contributed by atoms with Crippen LogP contribution in [0, 0.1) is 5.92 Å². The summed E-state index contributed by atoms with van der Waals surface area (Å²) < 4.78 is 5.42. The van der Waals surface area contributed by atoms with Gasteiger partial charge in [0.1, 0.15) is 5.76 Å². The van der Waals surface area contributed by atoms with Gasteiger partial charge in [-0.1, -0.05) is 30.3 Å². The van der Waals surface area contributed by atoms with Crippen LogP contribution in [0.4, 0.5) is 0 Å². The van der Waals surface area contributed by atoms with Crippen LogP contribution < -0.4 is 5.32 Å². The Morgan fingerprint density at radius 1 is 1.00 bits per heavy atom. The molecular weight excluding hydrogens is 350 g/mol. The summed E-state index contributed by atoms with van der Waals surface area (Å²) in [6.07, 6.45) is 4.81. The molecule has 2 aromatic rings. The van der Waals surface area contributed by atoms with E-state index in [9.17, 15) is 4.79 Å². The topological polar surface area (TPSA) is 48.7 Å². The van der Waals surface area contributed by atoms with E-state index in [1.165, 1.54) is 12.0 Å². The van der Waals surface area contributed by atoms with Gasteiger partial charge in [-0.3, -0.25) is 9.69 Å². The van der Waals surface area contributed by atoms with Crippen LogP contribution in [0.3, 0.4) is 0 Å². The maximum Gasteiger partial charge on any atom is 0.223 e. The average Bonchev–Trinajstić information content (AvgIpc) is 3.41. The number of furan rings is 1. The van der Waals surface area contributed by atoms with Gasteiger partial charge in [-0.05, 0) is 62.5 Å². The summed E-state index contributed by atoms with van der Waals surface area (Å²) in [5, 5.41) is 3.18. The van der Waals surface area contributed by atoms with Crippen molar-refractivity contribution in [3.05, 3.63) is 60.1 Å². The minimum Gasteiger partial charge on any atom is -0.468 e. The van der Waals surface area contributed by atoms with E-state index in [1.54, 1.807) is 6.26 Å². The molecule has 1 aromatic heterocycles. The van der Waals surface area contributed by atoms with E-state index in [0.29, 0.717) is 5.92 Å². The molecule has 0 unspecified atom stereocenters. The predicted molar refractivity (Wildman–Crippen MR) is 110 cm³/mol. The third kappa shape index (κ3) is 5.03. The number of nitrogens with one attached hydrogen (secondary N) is 1. The number of likely N-dealkylation sites (tertiary alicyclic amines) is 2. The highest BCUT2D eigenvalue weighted by molar-refractivity contribution is 5.78. The van der Waals surface area contributed by atoms with Gasteiger partial charge in [0.2, 0.25) is 5.91 Å². The quantitative estimate of drug-likeness (QED) is 0.801. The molecule has 150 valence electrons. The van der Waals surface area contributed by atoms with Crippen molar-refractivity contribution in [1.82, 2.24) is 15.1 Å². The molecule has 0 aliphatic carbocycles. The van der Waals surface area contributed by atoms with Crippen molar-refractivity contribution in [1.29, 1.82) is 0 Å². The summed E-state index contributed by atoms with van der Waals surface area (Å²) in [6, 6.07) is 14.7. The van der Waals surface area contributed by atoms with Gasteiger partial charge in [-0.25, -0.2) is 0 Å². The molecule has 28 heavy (non-hydrogen) atoms. The summed E-state index contributed by atoms with van der Waals surface area (Å²) >= 11 is 0. The van der Waals surface area contributed by atoms with Crippen molar-refractivity contribution in [2.75, 3.05) is 39.3 Å². The number of rotatable bonds is 7. The molecule has 1 aromatic carbocycles. The standard InChI is InChI=1S/C23H31N3O2/c27-23(20-8-12-25(13-9-20)18-22-7-4-16-28-22)24-11-15-26-14-10-21(17-26)19-5-2-1-3-6-19/h1-7,16,20-21H,8-15,17-18H2,(H,24,27)/t21-/m1/s1. The van der Waals surface area contributed by atoms with Crippen molar-refractivity contribution in [2.45, 2.75) is 31.7 Å². The normalized spacial score (nSPS) is 21.8. The summed E-state index contributed by atoms with van der Waals surface area (Å²) in [7, 11) is 0. The molecule has 2 saturated heterocycles. The molecule has 0 saturated carbocycles. The number of carbonyl (C=O) groups is 1. The molecular formula is C23H31N3O2. The Balaban J connectivity index is 1.13. The Labute approximate surface area is 167 Å². The molecule has 1 amide bonds. The van der Waals surface area contributed by atoms with Crippen LogP contribution >= 0.6 is 0 Å². The number of carbonyl (C=O) groups excluding carboxylic acids is 1. The molecule has 2 aliphatic rings. The molecule has 1 atom stereocenters. The van der Waals surface area contributed by atoms with E-state index < -0.39 is 0 Å². The zero-order valence-electron chi connectivity index (χ0n) is 16.6. The first kappa shape index (κ1) is 19.2. The highest BCUT2D eigenvalue weighted by atomic mass is 16.3. The summed E-state index contributed by atoms with van der Waals surface area (Å²) in [6.45, 7) is 6.71. The molecule has 2 aliphatic heterocycles. The van der Waals surface area contributed by atoms with Gasteiger partial charge >= 0.3 is 0 Å². The first-order valence-corrected chi connectivity index (χ1v) is 10.6. The SMILES string of the molecule is O=C(NCCN1CC[C@@H](c2ccccc2)C1)C1CCN(Cc2ccco2)CC1. The van der Waals surface area contributed by atoms with Crippen LogP contribution in [0.1, 0.15) is 36.5 Å². The van der Waals surface area contributed by atoms with Crippen molar-refractivity contribution >= 4 is 5.91 Å². The molecule has 3 heterocycles. The van der Waals surface area contributed by atoms with Crippen molar-refractivity contribution < 1.29 is 9.21 Å². The second kappa shape index (κ2) is 9.39. The summed E-state index contributed by atoms with van der Waals surface area (Å²) in [4.78, 5) is 17.4. The summed E-state index contributed by atoms with van der Waals surface area (Å²) in [5.41, 5.74) is 1.44. The molecule has 0 bridgehead atoms. The van der Waals surface area contributed by atoms with Gasteiger partial charge in [-0.15, -0.1) is 0 Å². The van der Waals surface area contributed by atoms with Crippen molar-refractivity contribution in [3.8, 4) is 0 Å². The molecule has 5 nitrogen and oxygen atoms in total. The second-order valence-electron chi connectivity index (χ2n) is 8.12. The van der Waals surface area contributed by atoms with Crippen LogP contribution in [0.15, 0.2) is 53.1 Å². The summed E-state index contributed by atoms with van der Waals surface area (Å²) in [5.74, 6) is 2.03. The van der Waals surface area contributed by atoms with Crippen LogP contribution in [0.25, 0.3) is 0 Å². The number of piperidine rings is 1. The smallest absolute Gasteiger partial charge is 0.223 e. The third-order valence-electron chi connectivity index (χ3n) is 6.19. The second-order valence-corrected chi connectivity index (χ2v) is 8.12. The van der Waals surface area contributed by atoms with E-state index in [-0.39, 0.29) is 11.8 Å². The number of nitrogens with zero attached hydrogens (tertiary/aromatic N) is 2. The van der Waals surface area contributed by atoms with Crippen LogP contribution in [-0.4, -0.2) is 55.0 Å². The molecule has 5 heteroatoms. The van der Waals surface area contributed by atoms with Gasteiger partial charge in [0.05, 0.1) is 12.8 Å². The lowest BCUT2D eigenvalue weighted by Gasteiger charge is -2.30. The van der Waals surface area contributed by atoms with E-state index >= 15 is 0 Å². The maximum absolute atomic E-state index is 12.5. The monoisotopic (exact) mass is 381 g/mol. The minimum absolute atomic E-state index is 0.156. The Morgan fingerprint density at radius 2 is 1.79 bits per heavy atom. The Bertz CT molecular complexity index is 724. The van der Waals surface area contributed by atoms with Crippen molar-refractivity contribution in [2.24, 2.45) is 5.92 Å². The average molecular weight is 382 g/mol. The van der Waals surface area contributed by atoms with Crippen LogP contribution in [-0.2, 0) is 11.3 Å². The van der Waals surface area contributed by atoms with Crippen molar-refractivity contribution in [3.63, 3.8) is 0 Å². The molecule has 0 spiro atoms. The Kier molecular flexibility index (Phi) is 6.45. The first-order chi connectivity index (χ1) is 13.8. The molecule has 4 rings (SSSR count). The van der Waals surface area contributed by atoms with E-state index in [4.69, 9.17) is 4.42 Å². The van der Waals surface area contributed by atoms with Crippen LogP contribution in [0.2, 0.25) is 0 Å². The fourth-order valence-electron chi connectivity index (χ4n) is 4.49. The maximum atomic E-state index is 12.5. The number of benzene rings is 1. The Hall–Kier alpha value is -2.11. The van der Waals surface area contributed by atoms with E-state index in [0.717, 1.165) is 64.4 Å². The zero-order chi connectivity index (χ0) is 19.2. The van der Waals surface area contributed by atoms with E-state index in [2.05, 4.69) is 45.4 Å². The largest absolute Gasteiger partial charge is 0.468 e. The van der Waals surface area contributed by atoms with Gasteiger partial charge in [-0.2, -0.15) is 0 Å². The lowest BCUT2D eigenvalue weighted by atomic mass is 9.96. The molecule has 2 fully saturated rings. The van der Waals surface area contributed by atoms with E-state index in [1.807, 2.05) is 12.1 Å². The lowest BCUT2D eigenvalue weighted by Crippen LogP contribution is -2.42. The highest BCUT2D eigenvalue weighted by Gasteiger charge is 2.26. The van der Waals surface area contributed by atoms with Gasteiger partial charge < -0.3 is 14.6 Å². The van der Waals surface area contributed by atoms with Gasteiger partial charge in [0.25, 0.3) is 0 Å². The molecule has 1 N–H and O–H groups in total. The zero-order valence-corrected chi connectivity index (χ0v) is 16.6. The lowest BCUT2D eigenvalue weighted by molar-refractivity contribution is -0.126. The fraction of sp³-hybridized carbons (Fsp3) is 0.522. The van der Waals surface area contributed by atoms with Gasteiger partial charge in [0, 0.05) is 25.6 Å². The number of amides is 1. The third-order valence-corrected chi connectivity index (χ3v) is 6.19. The number of hydrogen-bond acceptors (Lipinski definition) is 4. The first-order valence-electron chi connectivity index (χ1n) is 10.6. The fourth-order valence-corrected chi connectivity index (χ4v) is 4.49. The van der Waals surface area contributed by atoms with Gasteiger partial charge in [0.15, 0.2) is 0 Å². The highest BCUT2D eigenvalue weighted by Crippen LogP contribution is 2.26. The predicted octanol–water partition coefficient (Wildman–Crippen LogP) is 3.10.